The molecule has 0 aromatic heterocycles. The summed E-state index contributed by atoms with van der Waals surface area (Å²) in [6, 6.07) is -0.740. The van der Waals surface area contributed by atoms with Gasteiger partial charge in [-0.25, -0.2) is 0 Å². The minimum atomic E-state index is -0.924. The highest BCUT2D eigenvalue weighted by molar-refractivity contribution is 5.76. The van der Waals surface area contributed by atoms with Crippen LogP contribution in [0.3, 0.4) is 0 Å². The van der Waals surface area contributed by atoms with E-state index in [1.807, 2.05) is 6.08 Å². The number of aliphatic hydroxyl groups excluding tert-OH is 3. The molecule has 3 atom stereocenters. The van der Waals surface area contributed by atoms with E-state index in [1.165, 1.54) is 205 Å². The van der Waals surface area contributed by atoms with E-state index in [0.717, 1.165) is 25.7 Å². The van der Waals surface area contributed by atoms with Crippen LogP contribution in [0.4, 0.5) is 0 Å². The van der Waals surface area contributed by atoms with Gasteiger partial charge in [-0.1, -0.05) is 231 Å². The summed E-state index contributed by atoms with van der Waals surface area (Å²) in [6.07, 6.45) is 55.0. The molecule has 0 aliphatic carbocycles. The molecule has 0 aromatic rings. The zero-order valence-electron chi connectivity index (χ0n) is 36.4. The molecular weight excluding hydrogens is 667 g/mol. The molecule has 0 fully saturated rings. The highest BCUT2D eigenvalue weighted by Gasteiger charge is 2.20. The van der Waals surface area contributed by atoms with Gasteiger partial charge in [0.15, 0.2) is 0 Å². The molecule has 320 valence electrons. The van der Waals surface area contributed by atoms with Gasteiger partial charge in [0.25, 0.3) is 0 Å². The summed E-state index contributed by atoms with van der Waals surface area (Å²) >= 11 is 0. The summed E-state index contributed by atoms with van der Waals surface area (Å²) in [5.74, 6) is -0.316. The Bertz CT molecular complexity index is 799. The van der Waals surface area contributed by atoms with Crippen LogP contribution in [0.15, 0.2) is 24.3 Å². The quantitative estimate of drug-likeness (QED) is 0.0368. The number of carbonyl (C=O) groups excluding carboxylic acids is 1. The number of hydrogen-bond acceptors (Lipinski definition) is 4. The van der Waals surface area contributed by atoms with Crippen molar-refractivity contribution < 1.29 is 20.1 Å². The molecule has 0 rings (SSSR count). The Labute approximate surface area is 337 Å². The van der Waals surface area contributed by atoms with Gasteiger partial charge in [-0.15, -0.1) is 0 Å². The van der Waals surface area contributed by atoms with Crippen molar-refractivity contribution in [2.75, 3.05) is 6.61 Å². The molecule has 54 heavy (non-hydrogen) atoms. The number of aliphatic hydroxyl groups is 3. The van der Waals surface area contributed by atoms with Gasteiger partial charge in [-0.05, 0) is 44.9 Å². The van der Waals surface area contributed by atoms with Crippen LogP contribution in [0, 0.1) is 0 Å². The van der Waals surface area contributed by atoms with E-state index in [4.69, 9.17) is 0 Å². The van der Waals surface area contributed by atoms with Crippen LogP contribution in [0.1, 0.15) is 258 Å². The zero-order chi connectivity index (χ0) is 39.4. The van der Waals surface area contributed by atoms with Crippen LogP contribution in [0.25, 0.3) is 0 Å². The number of amides is 1. The summed E-state index contributed by atoms with van der Waals surface area (Å²) < 4.78 is 0. The number of unbranched alkanes of at least 4 members (excludes halogenated alkanes) is 33. The van der Waals surface area contributed by atoms with Gasteiger partial charge >= 0.3 is 0 Å². The lowest BCUT2D eigenvalue weighted by molar-refractivity contribution is -0.124. The van der Waals surface area contributed by atoms with Crippen LogP contribution in [-0.4, -0.2) is 46.1 Å². The third kappa shape index (κ3) is 40.5. The highest BCUT2D eigenvalue weighted by Crippen LogP contribution is 2.16. The normalized spacial score (nSPS) is 13.6. The third-order valence-corrected chi connectivity index (χ3v) is 11.2. The molecule has 5 nitrogen and oxygen atoms in total. The Morgan fingerprint density at radius 2 is 0.778 bits per heavy atom. The van der Waals surface area contributed by atoms with Crippen molar-refractivity contribution >= 4 is 5.91 Å². The first-order valence-corrected chi connectivity index (χ1v) is 24.1. The molecular formula is C49H95NO4. The van der Waals surface area contributed by atoms with Gasteiger partial charge < -0.3 is 20.6 Å². The molecule has 0 heterocycles. The Kier molecular flexibility index (Phi) is 43.6. The second kappa shape index (κ2) is 44.5. The molecule has 0 radical (unpaired) electrons. The van der Waals surface area contributed by atoms with Crippen molar-refractivity contribution in [3.05, 3.63) is 24.3 Å². The molecule has 5 heteroatoms. The fourth-order valence-electron chi connectivity index (χ4n) is 7.51. The first-order valence-electron chi connectivity index (χ1n) is 24.1. The van der Waals surface area contributed by atoms with Crippen molar-refractivity contribution in [2.24, 2.45) is 0 Å². The van der Waals surface area contributed by atoms with Gasteiger partial charge in [-0.2, -0.15) is 0 Å². The molecule has 0 saturated heterocycles. The summed E-state index contributed by atoms with van der Waals surface area (Å²) in [5.41, 5.74) is 0. The van der Waals surface area contributed by atoms with Crippen LogP contribution < -0.4 is 5.32 Å². The Morgan fingerprint density at radius 1 is 0.463 bits per heavy atom. The molecule has 0 aliphatic heterocycles. The lowest BCUT2D eigenvalue weighted by Crippen LogP contribution is -2.45. The number of nitrogens with one attached hydrogen (secondary N) is 1. The topological polar surface area (TPSA) is 89.8 Å². The molecule has 0 bridgehead atoms. The van der Waals surface area contributed by atoms with Gasteiger partial charge in [-0.3, -0.25) is 4.79 Å². The Hall–Kier alpha value is -1.17. The van der Waals surface area contributed by atoms with Gasteiger partial charge in [0.1, 0.15) is 0 Å². The van der Waals surface area contributed by atoms with E-state index in [0.29, 0.717) is 6.42 Å². The molecule has 0 spiro atoms. The van der Waals surface area contributed by atoms with Gasteiger partial charge in [0.05, 0.1) is 31.3 Å². The fourth-order valence-corrected chi connectivity index (χ4v) is 7.51. The number of hydrogen-bond donors (Lipinski definition) is 4. The predicted molar refractivity (Wildman–Crippen MR) is 236 cm³/mol. The lowest BCUT2D eigenvalue weighted by Gasteiger charge is -2.21. The molecule has 0 aliphatic rings. The lowest BCUT2D eigenvalue weighted by atomic mass is 10.0. The fraction of sp³-hybridized carbons (Fsp3) is 0.898. The zero-order valence-corrected chi connectivity index (χ0v) is 36.4. The van der Waals surface area contributed by atoms with Crippen LogP contribution in [0.5, 0.6) is 0 Å². The average molecular weight is 762 g/mol. The van der Waals surface area contributed by atoms with Crippen molar-refractivity contribution in [2.45, 2.75) is 276 Å². The van der Waals surface area contributed by atoms with E-state index in [1.54, 1.807) is 6.08 Å². The van der Waals surface area contributed by atoms with E-state index in [-0.39, 0.29) is 18.9 Å². The third-order valence-electron chi connectivity index (χ3n) is 11.2. The average Bonchev–Trinajstić information content (AvgIpc) is 3.16. The van der Waals surface area contributed by atoms with E-state index < -0.39 is 18.2 Å². The Morgan fingerprint density at radius 3 is 1.13 bits per heavy atom. The maximum absolute atomic E-state index is 12.4. The van der Waals surface area contributed by atoms with Crippen molar-refractivity contribution in [1.29, 1.82) is 0 Å². The standard InChI is InChI=1S/C49H95NO4/c1-3-5-7-9-11-13-14-15-16-17-18-19-20-21-22-23-24-25-26-27-28-29-30-31-32-33-35-36-38-40-42-46(52)44-49(54)50-47(45-51)48(53)43-41-39-37-34-12-10-8-6-4-2/h21-22,41,43,46-48,51-53H,3-20,23-40,42,44-45H2,1-2H3,(H,50,54)/b22-21-,43-41+. The number of rotatable bonds is 44. The van der Waals surface area contributed by atoms with E-state index in [9.17, 15) is 20.1 Å². The van der Waals surface area contributed by atoms with E-state index >= 15 is 0 Å². The molecule has 1 amide bonds. The monoisotopic (exact) mass is 762 g/mol. The second-order valence-corrected chi connectivity index (χ2v) is 16.7. The largest absolute Gasteiger partial charge is 0.394 e. The van der Waals surface area contributed by atoms with Crippen LogP contribution >= 0.6 is 0 Å². The maximum atomic E-state index is 12.4. The van der Waals surface area contributed by atoms with Gasteiger partial charge in [0.2, 0.25) is 5.91 Å². The highest BCUT2D eigenvalue weighted by atomic mass is 16.3. The molecule has 3 unspecified atom stereocenters. The van der Waals surface area contributed by atoms with Crippen molar-refractivity contribution in [3.63, 3.8) is 0 Å². The van der Waals surface area contributed by atoms with E-state index in [2.05, 4.69) is 31.3 Å². The summed E-state index contributed by atoms with van der Waals surface area (Å²) in [7, 11) is 0. The summed E-state index contributed by atoms with van der Waals surface area (Å²) in [6.45, 7) is 4.19. The maximum Gasteiger partial charge on any atom is 0.222 e. The van der Waals surface area contributed by atoms with Crippen molar-refractivity contribution in [1.82, 2.24) is 5.32 Å². The Balaban J connectivity index is 3.48. The van der Waals surface area contributed by atoms with Crippen LogP contribution in [0.2, 0.25) is 0 Å². The molecule has 0 saturated carbocycles. The SMILES string of the molecule is CCCCCCCCC/C=C/C(O)C(CO)NC(=O)CC(O)CCCCCCCCCCCCCCCC/C=C\CCCCCCCCCCCCCC. The minimum absolute atomic E-state index is 0.0157. The first kappa shape index (κ1) is 52.8. The van der Waals surface area contributed by atoms with Crippen LogP contribution in [-0.2, 0) is 4.79 Å². The summed E-state index contributed by atoms with van der Waals surface area (Å²) in [5, 5.41) is 33.1. The second-order valence-electron chi connectivity index (χ2n) is 16.7. The molecule has 4 N–H and O–H groups in total. The minimum Gasteiger partial charge on any atom is -0.394 e. The smallest absolute Gasteiger partial charge is 0.222 e. The molecule has 0 aromatic carbocycles. The first-order chi connectivity index (χ1) is 26.5. The number of carbonyl (C=O) groups is 1. The van der Waals surface area contributed by atoms with Gasteiger partial charge in [0, 0.05) is 0 Å². The van der Waals surface area contributed by atoms with Crippen molar-refractivity contribution in [3.8, 4) is 0 Å². The summed E-state index contributed by atoms with van der Waals surface area (Å²) in [4.78, 5) is 12.4. The predicted octanol–water partition coefficient (Wildman–Crippen LogP) is 14.2. The number of allylic oxidation sites excluding steroid dienone is 3.